The predicted molar refractivity (Wildman–Crippen MR) is 142 cm³/mol. The second-order valence-electron chi connectivity index (χ2n) is 8.47. The Kier molecular flexibility index (Phi) is 10.8. The van der Waals surface area contributed by atoms with Crippen molar-refractivity contribution in [2.24, 2.45) is 0 Å². The van der Waals surface area contributed by atoms with Gasteiger partial charge in [-0.25, -0.2) is 0 Å². The zero-order valence-electron chi connectivity index (χ0n) is 21.3. The smallest absolute Gasteiger partial charge is 0.161 e. The Morgan fingerprint density at radius 1 is 0.447 bits per heavy atom. The lowest BCUT2D eigenvalue weighted by Gasteiger charge is -2.19. The number of carbonyl (C=O) groups excluding carboxylic acids is 2. The van der Waals surface area contributed by atoms with Crippen LogP contribution in [-0.2, 0) is 18.9 Å². The van der Waals surface area contributed by atoms with Gasteiger partial charge < -0.3 is 28.4 Å². The van der Waals surface area contributed by atoms with E-state index in [2.05, 4.69) is 0 Å². The van der Waals surface area contributed by atoms with Gasteiger partial charge in [0.25, 0.3) is 0 Å². The molecule has 0 aromatic heterocycles. The van der Waals surface area contributed by atoms with Crippen LogP contribution in [0, 0.1) is 0 Å². The molecular formula is C30H32O8. The number of rotatable bonds is 4. The van der Waals surface area contributed by atoms with Crippen LogP contribution in [0.15, 0.2) is 60.7 Å². The van der Waals surface area contributed by atoms with Crippen molar-refractivity contribution in [2.75, 3.05) is 66.1 Å². The van der Waals surface area contributed by atoms with Crippen LogP contribution in [-0.4, -0.2) is 78.6 Å². The van der Waals surface area contributed by atoms with Crippen molar-refractivity contribution in [1.29, 1.82) is 0 Å². The van der Waals surface area contributed by atoms with E-state index in [0.717, 1.165) is 34.8 Å². The van der Waals surface area contributed by atoms with Crippen LogP contribution in [0.25, 0.3) is 22.3 Å². The molecule has 0 saturated carbocycles. The van der Waals surface area contributed by atoms with Gasteiger partial charge in [-0.05, 0) is 34.4 Å². The van der Waals surface area contributed by atoms with Crippen molar-refractivity contribution in [3.8, 4) is 33.8 Å². The zero-order valence-corrected chi connectivity index (χ0v) is 21.3. The minimum Gasteiger partial charge on any atom is -0.487 e. The Morgan fingerprint density at radius 2 is 0.763 bits per heavy atom. The van der Waals surface area contributed by atoms with Crippen molar-refractivity contribution in [3.63, 3.8) is 0 Å². The zero-order chi connectivity index (χ0) is 26.4. The number of hydrogen-bond acceptors (Lipinski definition) is 8. The highest BCUT2D eigenvalue weighted by Crippen LogP contribution is 2.41. The summed E-state index contributed by atoms with van der Waals surface area (Å²) in [5.74, 6) is 1.13. The van der Waals surface area contributed by atoms with Gasteiger partial charge >= 0.3 is 0 Å². The third-order valence-electron chi connectivity index (χ3n) is 5.89. The first-order chi connectivity index (χ1) is 18.8. The molecule has 0 bridgehead atoms. The van der Waals surface area contributed by atoms with Crippen molar-refractivity contribution in [1.82, 2.24) is 0 Å². The molecule has 0 aliphatic carbocycles. The molecule has 38 heavy (non-hydrogen) atoms. The molecule has 0 atom stereocenters. The minimum atomic E-state index is 0.326. The Balaban J connectivity index is 1.66. The molecule has 8 nitrogen and oxygen atoms in total. The van der Waals surface area contributed by atoms with E-state index in [-0.39, 0.29) is 0 Å². The summed E-state index contributed by atoms with van der Waals surface area (Å²) in [6.45, 7) is 4.32. The lowest BCUT2D eigenvalue weighted by Crippen LogP contribution is -2.16. The Bertz CT molecular complexity index is 1070. The van der Waals surface area contributed by atoms with E-state index >= 15 is 0 Å². The van der Waals surface area contributed by atoms with Crippen molar-refractivity contribution < 1.29 is 38.0 Å². The second kappa shape index (κ2) is 15.0. The topological polar surface area (TPSA) is 89.5 Å². The first kappa shape index (κ1) is 27.5. The third-order valence-corrected chi connectivity index (χ3v) is 5.89. The third kappa shape index (κ3) is 7.97. The summed E-state index contributed by atoms with van der Waals surface area (Å²) in [7, 11) is 0. The molecular weight excluding hydrogens is 488 g/mol. The normalized spacial score (nSPS) is 16.1. The van der Waals surface area contributed by atoms with Crippen molar-refractivity contribution in [3.05, 3.63) is 71.8 Å². The maximum absolute atomic E-state index is 11.2. The van der Waals surface area contributed by atoms with Gasteiger partial charge in [-0.1, -0.05) is 48.5 Å². The molecule has 8 heteroatoms. The maximum atomic E-state index is 11.2. The lowest BCUT2D eigenvalue weighted by atomic mass is 9.93. The highest BCUT2D eigenvalue weighted by molar-refractivity contribution is 5.88. The van der Waals surface area contributed by atoms with E-state index in [1.807, 2.05) is 36.4 Å². The largest absolute Gasteiger partial charge is 0.487 e. The first-order valence-corrected chi connectivity index (χ1v) is 12.6. The predicted octanol–water partition coefficient (Wildman–Crippen LogP) is 4.48. The van der Waals surface area contributed by atoms with Gasteiger partial charge in [0.15, 0.2) is 11.5 Å². The van der Waals surface area contributed by atoms with Gasteiger partial charge in [-0.3, -0.25) is 9.59 Å². The van der Waals surface area contributed by atoms with Crippen LogP contribution in [0.3, 0.4) is 0 Å². The van der Waals surface area contributed by atoms with E-state index in [9.17, 15) is 9.59 Å². The van der Waals surface area contributed by atoms with E-state index in [4.69, 9.17) is 28.4 Å². The summed E-state index contributed by atoms with van der Waals surface area (Å²) in [5.41, 5.74) is 4.80. The number of benzene rings is 3. The summed E-state index contributed by atoms with van der Waals surface area (Å²) in [6, 6.07) is 18.6. The monoisotopic (exact) mass is 520 g/mol. The van der Waals surface area contributed by atoms with Gasteiger partial charge in [0.05, 0.1) is 52.9 Å². The molecule has 3 aromatic rings. The average molecular weight is 521 g/mol. The molecule has 1 heterocycles. The van der Waals surface area contributed by atoms with Crippen LogP contribution >= 0.6 is 0 Å². The summed E-state index contributed by atoms with van der Waals surface area (Å²) in [5, 5.41) is 0. The van der Waals surface area contributed by atoms with Gasteiger partial charge in [0.2, 0.25) is 0 Å². The molecule has 1 aliphatic heterocycles. The van der Waals surface area contributed by atoms with Crippen LogP contribution in [0.1, 0.15) is 20.7 Å². The van der Waals surface area contributed by atoms with Gasteiger partial charge in [0.1, 0.15) is 25.8 Å². The van der Waals surface area contributed by atoms with Gasteiger partial charge in [0, 0.05) is 11.1 Å². The number of carbonyl (C=O) groups is 2. The molecule has 0 spiro atoms. The van der Waals surface area contributed by atoms with Crippen molar-refractivity contribution in [2.45, 2.75) is 0 Å². The van der Waals surface area contributed by atoms with Crippen LogP contribution in [0.5, 0.6) is 11.5 Å². The summed E-state index contributed by atoms with van der Waals surface area (Å²) in [4.78, 5) is 22.4. The summed E-state index contributed by atoms with van der Waals surface area (Å²) in [6.07, 6.45) is 1.63. The number of fused-ring (bicyclic) bond motifs is 1. The standard InChI is InChI=1S/C30H32O8/c31-21-23-1-5-25(6-2-23)27-19-29-30(20-28(27)26-7-3-24(22-32)4-8-26)38-18-16-36-14-12-34-10-9-33-11-13-35-15-17-37-29/h1-8,19-22H,9-18H2. The average Bonchev–Trinajstić information content (AvgIpc) is 2.96. The fourth-order valence-electron chi connectivity index (χ4n) is 3.93. The highest BCUT2D eigenvalue weighted by Gasteiger charge is 2.16. The highest BCUT2D eigenvalue weighted by atomic mass is 16.6. The fraction of sp³-hybridized carbons (Fsp3) is 0.333. The Morgan fingerprint density at radius 3 is 1.08 bits per heavy atom. The first-order valence-electron chi connectivity index (χ1n) is 12.6. The molecule has 0 N–H and O–H groups in total. The number of hydrogen-bond donors (Lipinski definition) is 0. The van der Waals surface area contributed by atoms with E-state index in [0.29, 0.717) is 88.7 Å². The van der Waals surface area contributed by atoms with E-state index < -0.39 is 0 Å². The summed E-state index contributed by atoms with van der Waals surface area (Å²) >= 11 is 0. The van der Waals surface area contributed by atoms with E-state index in [1.165, 1.54) is 0 Å². The molecule has 1 aliphatic rings. The molecule has 200 valence electrons. The molecule has 0 fully saturated rings. The molecule has 0 radical (unpaired) electrons. The second-order valence-corrected chi connectivity index (χ2v) is 8.47. The fourth-order valence-corrected chi connectivity index (χ4v) is 3.93. The molecule has 4 rings (SSSR count). The number of aldehydes is 2. The molecule has 0 saturated heterocycles. The maximum Gasteiger partial charge on any atom is 0.161 e. The summed E-state index contributed by atoms with van der Waals surface area (Å²) < 4.78 is 34.5. The van der Waals surface area contributed by atoms with Crippen molar-refractivity contribution >= 4 is 12.6 Å². The van der Waals surface area contributed by atoms with Crippen LogP contribution in [0.2, 0.25) is 0 Å². The minimum absolute atomic E-state index is 0.326. The van der Waals surface area contributed by atoms with Crippen LogP contribution in [0.4, 0.5) is 0 Å². The van der Waals surface area contributed by atoms with E-state index in [1.54, 1.807) is 24.3 Å². The molecule has 0 amide bonds. The SMILES string of the molecule is O=Cc1ccc(-c2cc3c(cc2-c2ccc(C=O)cc2)OCCOCCOCCOCCOCCO3)cc1. The number of ether oxygens (including phenoxy) is 6. The molecule has 0 unspecified atom stereocenters. The Hall–Kier alpha value is -3.56. The quantitative estimate of drug-likeness (QED) is 0.465. The molecule has 3 aromatic carbocycles. The van der Waals surface area contributed by atoms with Gasteiger partial charge in [-0.2, -0.15) is 0 Å². The van der Waals surface area contributed by atoms with Crippen LogP contribution < -0.4 is 9.47 Å². The Labute approximate surface area is 222 Å². The van der Waals surface area contributed by atoms with Gasteiger partial charge in [-0.15, -0.1) is 0 Å². The lowest BCUT2D eigenvalue weighted by molar-refractivity contribution is -0.00841.